The summed E-state index contributed by atoms with van der Waals surface area (Å²) < 4.78 is 1.32. The van der Waals surface area contributed by atoms with Crippen molar-refractivity contribution in [1.29, 1.82) is 0 Å². The first-order valence-corrected chi connectivity index (χ1v) is 9.55. The number of nitrogens with zero attached hydrogens (tertiary/aromatic N) is 3. The third kappa shape index (κ3) is 4.66. The maximum atomic E-state index is 12.7. The van der Waals surface area contributed by atoms with Gasteiger partial charge in [-0.3, -0.25) is 25.2 Å². The standard InChI is InChI=1S/C21H23N5O3/c1-3-4-7-13-26-21(29)16-11-6-5-10-15(16)18(25-26)20(28)24-23-19(27)17-12-8-9-14(2)22-17/h5-6,8-12H,3-4,7,13H2,1-2H3,(H,23,27)(H,24,28). The molecular weight excluding hydrogens is 370 g/mol. The summed E-state index contributed by atoms with van der Waals surface area (Å²) in [5.74, 6) is -1.14. The quantitative estimate of drug-likeness (QED) is 0.494. The van der Waals surface area contributed by atoms with E-state index in [1.165, 1.54) is 4.68 Å². The highest BCUT2D eigenvalue weighted by molar-refractivity contribution is 6.05. The fraction of sp³-hybridized carbons (Fsp3) is 0.286. The van der Waals surface area contributed by atoms with Crippen LogP contribution in [0.2, 0.25) is 0 Å². The van der Waals surface area contributed by atoms with Crippen LogP contribution in [0.3, 0.4) is 0 Å². The van der Waals surface area contributed by atoms with Gasteiger partial charge in [-0.1, -0.05) is 44.0 Å². The summed E-state index contributed by atoms with van der Waals surface area (Å²) in [6.07, 6.45) is 2.76. The number of hydrogen-bond acceptors (Lipinski definition) is 5. The van der Waals surface area contributed by atoms with E-state index in [0.717, 1.165) is 19.3 Å². The van der Waals surface area contributed by atoms with Crippen LogP contribution in [0.4, 0.5) is 0 Å². The summed E-state index contributed by atoms with van der Waals surface area (Å²) in [7, 11) is 0. The van der Waals surface area contributed by atoms with Crippen LogP contribution in [0.15, 0.2) is 47.3 Å². The number of pyridine rings is 1. The number of nitrogens with one attached hydrogen (secondary N) is 2. The molecule has 29 heavy (non-hydrogen) atoms. The van der Waals surface area contributed by atoms with Crippen molar-refractivity contribution in [2.45, 2.75) is 39.7 Å². The fourth-order valence-electron chi connectivity index (χ4n) is 2.97. The number of hydrazine groups is 1. The number of aryl methyl sites for hydroxylation is 2. The van der Waals surface area contributed by atoms with Crippen molar-refractivity contribution in [1.82, 2.24) is 25.6 Å². The summed E-state index contributed by atoms with van der Waals surface area (Å²) in [5.41, 5.74) is 5.43. The van der Waals surface area contributed by atoms with Crippen LogP contribution in [0.1, 0.15) is 52.9 Å². The van der Waals surface area contributed by atoms with Crippen molar-refractivity contribution in [3.05, 3.63) is 69.9 Å². The lowest BCUT2D eigenvalue weighted by Gasteiger charge is -2.12. The number of benzene rings is 1. The summed E-state index contributed by atoms with van der Waals surface area (Å²) in [6, 6.07) is 11.8. The van der Waals surface area contributed by atoms with Crippen LogP contribution in [0, 0.1) is 6.92 Å². The van der Waals surface area contributed by atoms with E-state index in [1.807, 2.05) is 0 Å². The van der Waals surface area contributed by atoms with Crippen molar-refractivity contribution in [2.24, 2.45) is 0 Å². The number of unbranched alkanes of at least 4 members (excludes halogenated alkanes) is 2. The van der Waals surface area contributed by atoms with Crippen LogP contribution in [-0.4, -0.2) is 26.6 Å². The lowest BCUT2D eigenvalue weighted by atomic mass is 10.1. The summed E-state index contributed by atoms with van der Waals surface area (Å²) in [4.78, 5) is 41.7. The molecule has 8 heteroatoms. The van der Waals surface area contributed by atoms with Gasteiger partial charge in [-0.15, -0.1) is 0 Å². The second kappa shape index (κ2) is 9.09. The van der Waals surface area contributed by atoms with Gasteiger partial charge < -0.3 is 0 Å². The van der Waals surface area contributed by atoms with Crippen LogP contribution < -0.4 is 16.4 Å². The van der Waals surface area contributed by atoms with E-state index in [9.17, 15) is 14.4 Å². The smallest absolute Gasteiger partial charge is 0.267 e. The fourth-order valence-corrected chi connectivity index (χ4v) is 2.97. The molecule has 0 aliphatic rings. The van der Waals surface area contributed by atoms with E-state index in [0.29, 0.717) is 23.0 Å². The van der Waals surface area contributed by atoms with E-state index in [1.54, 1.807) is 49.4 Å². The minimum Gasteiger partial charge on any atom is -0.267 e. The SMILES string of the molecule is CCCCCn1nc(C(=O)NNC(=O)c2cccc(C)n2)c2ccccc2c1=O. The highest BCUT2D eigenvalue weighted by atomic mass is 16.2. The molecule has 0 saturated heterocycles. The number of rotatable bonds is 6. The molecule has 2 N–H and O–H groups in total. The Hall–Kier alpha value is -3.55. The van der Waals surface area contributed by atoms with Gasteiger partial charge in [-0.05, 0) is 31.5 Å². The van der Waals surface area contributed by atoms with E-state index in [4.69, 9.17) is 0 Å². The summed E-state index contributed by atoms with van der Waals surface area (Å²) in [6.45, 7) is 4.27. The van der Waals surface area contributed by atoms with Gasteiger partial charge in [0.2, 0.25) is 0 Å². The van der Waals surface area contributed by atoms with E-state index in [2.05, 4.69) is 27.9 Å². The lowest BCUT2D eigenvalue weighted by Crippen LogP contribution is -2.43. The zero-order valence-corrected chi connectivity index (χ0v) is 16.4. The molecule has 3 rings (SSSR count). The Morgan fingerprint density at radius 1 is 0.966 bits per heavy atom. The third-order valence-corrected chi connectivity index (χ3v) is 4.47. The number of carbonyl (C=O) groups is 2. The first kappa shape index (κ1) is 20.2. The molecule has 0 aliphatic carbocycles. The molecule has 0 fully saturated rings. The van der Waals surface area contributed by atoms with Crippen LogP contribution in [-0.2, 0) is 6.54 Å². The van der Waals surface area contributed by atoms with E-state index >= 15 is 0 Å². The first-order chi connectivity index (χ1) is 14.0. The molecule has 0 radical (unpaired) electrons. The molecule has 3 aromatic rings. The Bertz CT molecular complexity index is 1110. The average Bonchev–Trinajstić information content (AvgIpc) is 2.73. The van der Waals surface area contributed by atoms with Crippen molar-refractivity contribution in [3.8, 4) is 0 Å². The highest BCUT2D eigenvalue weighted by Gasteiger charge is 2.17. The van der Waals surface area contributed by atoms with Gasteiger partial charge in [0, 0.05) is 17.6 Å². The van der Waals surface area contributed by atoms with Gasteiger partial charge in [0.05, 0.1) is 5.39 Å². The van der Waals surface area contributed by atoms with Gasteiger partial charge in [-0.25, -0.2) is 9.67 Å². The normalized spacial score (nSPS) is 10.7. The molecule has 0 spiro atoms. The Morgan fingerprint density at radius 2 is 1.69 bits per heavy atom. The molecule has 2 amide bonds. The van der Waals surface area contributed by atoms with Crippen LogP contribution >= 0.6 is 0 Å². The minimum absolute atomic E-state index is 0.0780. The van der Waals surface area contributed by atoms with Gasteiger partial charge in [-0.2, -0.15) is 5.10 Å². The van der Waals surface area contributed by atoms with Gasteiger partial charge >= 0.3 is 0 Å². The first-order valence-electron chi connectivity index (χ1n) is 9.55. The number of amides is 2. The Balaban J connectivity index is 1.85. The second-order valence-electron chi connectivity index (χ2n) is 6.70. The maximum absolute atomic E-state index is 12.7. The van der Waals surface area contributed by atoms with Gasteiger partial charge in [0.1, 0.15) is 5.69 Å². The predicted octanol–water partition coefficient (Wildman–Crippen LogP) is 2.36. The molecule has 0 atom stereocenters. The number of carbonyl (C=O) groups excluding carboxylic acids is 2. The predicted molar refractivity (Wildman–Crippen MR) is 109 cm³/mol. The van der Waals surface area contributed by atoms with Crippen molar-refractivity contribution in [3.63, 3.8) is 0 Å². The zero-order chi connectivity index (χ0) is 20.8. The van der Waals surface area contributed by atoms with E-state index < -0.39 is 11.8 Å². The van der Waals surface area contributed by atoms with Crippen molar-refractivity contribution in [2.75, 3.05) is 0 Å². The van der Waals surface area contributed by atoms with Crippen LogP contribution in [0.25, 0.3) is 10.8 Å². The van der Waals surface area contributed by atoms with Crippen LogP contribution in [0.5, 0.6) is 0 Å². The monoisotopic (exact) mass is 393 g/mol. The maximum Gasteiger partial charge on any atom is 0.290 e. The molecule has 1 aromatic carbocycles. The molecule has 2 aromatic heterocycles. The Kier molecular flexibility index (Phi) is 6.33. The average molecular weight is 393 g/mol. The Labute approximate surface area is 167 Å². The summed E-state index contributed by atoms with van der Waals surface area (Å²) in [5, 5.41) is 5.11. The van der Waals surface area contributed by atoms with Gasteiger partial charge in [0.25, 0.3) is 17.4 Å². The number of aromatic nitrogens is 3. The molecule has 0 bridgehead atoms. The summed E-state index contributed by atoms with van der Waals surface area (Å²) >= 11 is 0. The lowest BCUT2D eigenvalue weighted by molar-refractivity contribution is 0.0841. The third-order valence-electron chi connectivity index (χ3n) is 4.47. The largest absolute Gasteiger partial charge is 0.290 e. The Morgan fingerprint density at radius 3 is 2.41 bits per heavy atom. The second-order valence-corrected chi connectivity index (χ2v) is 6.70. The van der Waals surface area contributed by atoms with Crippen molar-refractivity contribution < 1.29 is 9.59 Å². The molecule has 0 saturated carbocycles. The van der Waals surface area contributed by atoms with E-state index in [-0.39, 0.29) is 16.9 Å². The molecule has 8 nitrogen and oxygen atoms in total. The minimum atomic E-state index is -0.605. The van der Waals surface area contributed by atoms with Crippen molar-refractivity contribution >= 4 is 22.6 Å². The molecular formula is C21H23N5O3. The number of fused-ring (bicyclic) bond motifs is 1. The highest BCUT2D eigenvalue weighted by Crippen LogP contribution is 2.13. The topological polar surface area (TPSA) is 106 Å². The molecule has 0 aliphatic heterocycles. The molecule has 0 unspecified atom stereocenters. The number of hydrogen-bond donors (Lipinski definition) is 2. The molecule has 150 valence electrons. The molecule has 2 heterocycles. The van der Waals surface area contributed by atoms with Gasteiger partial charge in [0.15, 0.2) is 5.69 Å². The zero-order valence-electron chi connectivity index (χ0n) is 16.4.